The summed E-state index contributed by atoms with van der Waals surface area (Å²) in [5.41, 5.74) is 5.99. The molecule has 1 aromatic carbocycles. The van der Waals surface area contributed by atoms with Gasteiger partial charge in [-0.05, 0) is 18.9 Å². The van der Waals surface area contributed by atoms with E-state index in [1.54, 1.807) is 14.2 Å². The van der Waals surface area contributed by atoms with Crippen LogP contribution in [0.3, 0.4) is 0 Å². The number of amides is 3. The van der Waals surface area contributed by atoms with Gasteiger partial charge in [0.05, 0.1) is 14.2 Å². The van der Waals surface area contributed by atoms with Crippen molar-refractivity contribution in [3.05, 3.63) is 23.8 Å². The molecule has 0 unspecified atom stereocenters. The lowest BCUT2D eigenvalue weighted by Crippen LogP contribution is -2.37. The second-order valence-electron chi connectivity index (χ2n) is 5.54. The molecule has 1 saturated carbocycles. The number of hydrogen-bond acceptors (Lipinski definition) is 5. The van der Waals surface area contributed by atoms with Crippen molar-refractivity contribution in [1.82, 2.24) is 10.2 Å². The minimum absolute atomic E-state index is 0.234. The van der Waals surface area contributed by atoms with Gasteiger partial charge in [0, 0.05) is 37.2 Å². The molecule has 3 amide bonds. The molecule has 1 aliphatic carbocycles. The van der Waals surface area contributed by atoms with Crippen molar-refractivity contribution in [3.8, 4) is 11.5 Å². The number of primary amides is 1. The van der Waals surface area contributed by atoms with Crippen LogP contribution in [0.4, 0.5) is 4.79 Å². The zero-order valence-electron chi connectivity index (χ0n) is 13.5. The molecular weight excluding hydrogens is 298 g/mol. The minimum Gasteiger partial charge on any atom is -0.497 e. The number of benzene rings is 1. The smallest absolute Gasteiger partial charge is 0.318 e. The molecule has 7 heteroatoms. The van der Waals surface area contributed by atoms with Gasteiger partial charge >= 0.3 is 6.03 Å². The first-order valence-electron chi connectivity index (χ1n) is 7.57. The second kappa shape index (κ2) is 7.82. The van der Waals surface area contributed by atoms with Crippen LogP contribution in [0.5, 0.6) is 11.5 Å². The Morgan fingerprint density at radius 2 is 2.04 bits per heavy atom. The number of rotatable bonds is 8. The summed E-state index contributed by atoms with van der Waals surface area (Å²) in [4.78, 5) is 24.5. The summed E-state index contributed by atoms with van der Waals surface area (Å²) in [5.74, 6) is 1.14. The summed E-state index contributed by atoms with van der Waals surface area (Å²) in [5, 5.41) is 2.09. The van der Waals surface area contributed by atoms with Crippen LogP contribution in [-0.4, -0.2) is 43.6 Å². The van der Waals surface area contributed by atoms with Crippen molar-refractivity contribution in [2.45, 2.75) is 31.8 Å². The molecule has 1 aromatic rings. The van der Waals surface area contributed by atoms with Crippen molar-refractivity contribution in [1.29, 1.82) is 0 Å². The summed E-state index contributed by atoms with van der Waals surface area (Å²) in [6.07, 6.45) is 2.48. The number of imide groups is 1. The summed E-state index contributed by atoms with van der Waals surface area (Å²) in [6.45, 7) is 1.25. The highest BCUT2D eigenvalue weighted by atomic mass is 16.5. The summed E-state index contributed by atoms with van der Waals surface area (Å²) >= 11 is 0. The van der Waals surface area contributed by atoms with Crippen molar-refractivity contribution >= 4 is 11.9 Å². The third kappa shape index (κ3) is 5.14. The van der Waals surface area contributed by atoms with Crippen LogP contribution in [0.25, 0.3) is 0 Å². The van der Waals surface area contributed by atoms with Gasteiger partial charge in [0.1, 0.15) is 11.5 Å². The molecule has 7 nitrogen and oxygen atoms in total. The van der Waals surface area contributed by atoms with Gasteiger partial charge < -0.3 is 15.2 Å². The van der Waals surface area contributed by atoms with E-state index >= 15 is 0 Å². The maximum atomic E-state index is 11.6. The largest absolute Gasteiger partial charge is 0.497 e. The number of nitrogens with one attached hydrogen (secondary N) is 1. The topological polar surface area (TPSA) is 93.9 Å². The quantitative estimate of drug-likeness (QED) is 0.751. The third-order valence-corrected chi connectivity index (χ3v) is 3.82. The highest BCUT2D eigenvalue weighted by Gasteiger charge is 2.29. The Kier molecular flexibility index (Phi) is 5.81. The van der Waals surface area contributed by atoms with E-state index in [-0.39, 0.29) is 12.3 Å². The monoisotopic (exact) mass is 321 g/mol. The van der Waals surface area contributed by atoms with E-state index in [0.717, 1.165) is 29.9 Å². The maximum Gasteiger partial charge on any atom is 0.318 e. The Balaban J connectivity index is 1.99. The molecule has 0 spiro atoms. The Hall–Kier alpha value is -2.28. The molecule has 126 valence electrons. The molecule has 23 heavy (non-hydrogen) atoms. The van der Waals surface area contributed by atoms with Crippen LogP contribution in [-0.2, 0) is 11.3 Å². The molecular formula is C16H23N3O4. The number of carbonyl (C=O) groups is 2. The second-order valence-corrected chi connectivity index (χ2v) is 5.54. The van der Waals surface area contributed by atoms with Crippen LogP contribution < -0.4 is 20.5 Å². The van der Waals surface area contributed by atoms with Gasteiger partial charge in [0.15, 0.2) is 0 Å². The predicted octanol–water partition coefficient (Wildman–Crippen LogP) is 1.25. The molecule has 0 atom stereocenters. The Bertz CT molecular complexity index is 572. The van der Waals surface area contributed by atoms with E-state index in [4.69, 9.17) is 15.2 Å². The standard InChI is InChI=1S/C16H23N3O4/c1-22-13-6-3-11(14(9-13)23-2)10-19(12-4-5-12)8-7-15(20)18-16(17)21/h3,6,9,12H,4-5,7-8,10H2,1-2H3,(H3,17,18,20,21). The first-order chi connectivity index (χ1) is 11.0. The number of urea groups is 1. The number of methoxy groups -OCH3 is 2. The number of nitrogens with zero attached hydrogens (tertiary/aromatic N) is 1. The highest BCUT2D eigenvalue weighted by molar-refractivity contribution is 5.93. The van der Waals surface area contributed by atoms with E-state index < -0.39 is 6.03 Å². The van der Waals surface area contributed by atoms with Gasteiger partial charge in [-0.3, -0.25) is 15.0 Å². The average Bonchev–Trinajstić information content (AvgIpc) is 3.35. The summed E-state index contributed by atoms with van der Waals surface area (Å²) in [7, 11) is 3.24. The molecule has 0 heterocycles. The fraction of sp³-hybridized carbons (Fsp3) is 0.500. The molecule has 0 radical (unpaired) electrons. The first kappa shape index (κ1) is 17.1. The Morgan fingerprint density at radius 1 is 1.30 bits per heavy atom. The lowest BCUT2D eigenvalue weighted by atomic mass is 10.1. The van der Waals surface area contributed by atoms with E-state index in [2.05, 4.69) is 10.2 Å². The molecule has 3 N–H and O–H groups in total. The molecule has 0 aliphatic heterocycles. The predicted molar refractivity (Wildman–Crippen MR) is 85.3 cm³/mol. The van der Waals surface area contributed by atoms with Gasteiger partial charge in [-0.1, -0.05) is 6.07 Å². The fourth-order valence-electron chi connectivity index (χ4n) is 2.48. The Morgan fingerprint density at radius 3 is 2.61 bits per heavy atom. The van der Waals surface area contributed by atoms with Crippen LogP contribution in [0.2, 0.25) is 0 Å². The van der Waals surface area contributed by atoms with Crippen LogP contribution >= 0.6 is 0 Å². The highest BCUT2D eigenvalue weighted by Crippen LogP contribution is 2.31. The fourth-order valence-corrected chi connectivity index (χ4v) is 2.48. The molecule has 0 bridgehead atoms. The summed E-state index contributed by atoms with van der Waals surface area (Å²) < 4.78 is 10.6. The van der Waals surface area contributed by atoms with Gasteiger partial charge in [0.2, 0.25) is 5.91 Å². The van der Waals surface area contributed by atoms with Gasteiger partial charge in [-0.2, -0.15) is 0 Å². The molecule has 0 saturated heterocycles. The van der Waals surface area contributed by atoms with E-state index in [1.807, 2.05) is 18.2 Å². The summed E-state index contributed by atoms with van der Waals surface area (Å²) in [6, 6.07) is 5.37. The third-order valence-electron chi connectivity index (χ3n) is 3.82. The normalized spacial score (nSPS) is 13.7. The van der Waals surface area contributed by atoms with Crippen LogP contribution in [0, 0.1) is 0 Å². The van der Waals surface area contributed by atoms with E-state index in [1.165, 1.54) is 0 Å². The minimum atomic E-state index is -0.815. The van der Waals surface area contributed by atoms with Crippen molar-refractivity contribution in [3.63, 3.8) is 0 Å². The molecule has 0 aromatic heterocycles. The SMILES string of the molecule is COc1ccc(CN(CCC(=O)NC(N)=O)C2CC2)c(OC)c1. The molecule has 1 fully saturated rings. The first-order valence-corrected chi connectivity index (χ1v) is 7.57. The van der Waals surface area contributed by atoms with E-state index in [9.17, 15) is 9.59 Å². The lowest BCUT2D eigenvalue weighted by Gasteiger charge is -2.23. The van der Waals surface area contributed by atoms with Crippen LogP contribution in [0.1, 0.15) is 24.8 Å². The van der Waals surface area contributed by atoms with Gasteiger partial charge in [0.25, 0.3) is 0 Å². The van der Waals surface area contributed by atoms with Crippen molar-refractivity contribution in [2.24, 2.45) is 5.73 Å². The molecule has 1 aliphatic rings. The maximum absolute atomic E-state index is 11.6. The van der Waals surface area contributed by atoms with Crippen LogP contribution in [0.15, 0.2) is 18.2 Å². The Labute approximate surface area is 135 Å². The number of carbonyl (C=O) groups excluding carboxylic acids is 2. The number of ether oxygens (including phenoxy) is 2. The number of hydrogen-bond donors (Lipinski definition) is 2. The van der Waals surface area contributed by atoms with E-state index in [0.29, 0.717) is 19.1 Å². The average molecular weight is 321 g/mol. The van der Waals surface area contributed by atoms with Gasteiger partial charge in [-0.15, -0.1) is 0 Å². The lowest BCUT2D eigenvalue weighted by molar-refractivity contribution is -0.120. The zero-order valence-corrected chi connectivity index (χ0v) is 13.5. The molecule has 2 rings (SSSR count). The van der Waals surface area contributed by atoms with Gasteiger partial charge in [-0.25, -0.2) is 4.79 Å². The number of nitrogens with two attached hydrogens (primary N) is 1. The van der Waals surface area contributed by atoms with Crippen molar-refractivity contribution in [2.75, 3.05) is 20.8 Å². The van der Waals surface area contributed by atoms with Crippen molar-refractivity contribution < 1.29 is 19.1 Å². The zero-order chi connectivity index (χ0) is 16.8.